The molecule has 5 nitrogen and oxygen atoms in total. The van der Waals surface area contributed by atoms with Crippen LogP contribution < -0.4 is 16.4 Å². The molecule has 0 aromatic carbocycles. The Morgan fingerprint density at radius 3 is 2.11 bits per heavy atom. The standard InChI is InChI=1S/C12H23N3O2S/c1-7(2)5-14-9(16)6-15-12(17)10(8(3)4)11(13)18/h7-8,10H,5-6H2,1-4H3,(H2,13,18)(H,14,16)(H,15,17). The average molecular weight is 273 g/mol. The van der Waals surface area contributed by atoms with Gasteiger partial charge in [0.15, 0.2) is 0 Å². The maximum Gasteiger partial charge on any atom is 0.239 e. The molecule has 1 unspecified atom stereocenters. The SMILES string of the molecule is CC(C)CNC(=O)CNC(=O)C(C(N)=S)C(C)C. The second-order valence-corrected chi connectivity index (χ2v) is 5.51. The van der Waals surface area contributed by atoms with Crippen molar-refractivity contribution in [2.75, 3.05) is 13.1 Å². The molecular weight excluding hydrogens is 250 g/mol. The Labute approximate surface area is 114 Å². The number of nitrogens with one attached hydrogen (secondary N) is 2. The van der Waals surface area contributed by atoms with Crippen LogP contribution in [-0.4, -0.2) is 29.9 Å². The van der Waals surface area contributed by atoms with Gasteiger partial charge in [-0.05, 0) is 11.8 Å². The predicted octanol–water partition coefficient (Wildman–Crippen LogP) is 0.433. The number of thiocarbonyl (C=S) groups is 1. The summed E-state index contributed by atoms with van der Waals surface area (Å²) in [5.74, 6) is -0.636. The number of carbonyl (C=O) groups is 2. The first-order valence-corrected chi connectivity index (χ1v) is 6.50. The van der Waals surface area contributed by atoms with Crippen LogP contribution in [0.5, 0.6) is 0 Å². The molecule has 0 saturated carbocycles. The summed E-state index contributed by atoms with van der Waals surface area (Å²) in [6.45, 7) is 8.28. The fourth-order valence-corrected chi connectivity index (χ4v) is 1.80. The molecule has 0 aliphatic carbocycles. The molecule has 0 aliphatic heterocycles. The summed E-state index contributed by atoms with van der Waals surface area (Å²) >= 11 is 4.85. The summed E-state index contributed by atoms with van der Waals surface area (Å²) in [7, 11) is 0. The zero-order valence-corrected chi connectivity index (χ0v) is 12.3. The highest BCUT2D eigenvalue weighted by Crippen LogP contribution is 2.11. The van der Waals surface area contributed by atoms with Gasteiger partial charge in [0.1, 0.15) is 0 Å². The lowest BCUT2D eigenvalue weighted by atomic mass is 9.95. The van der Waals surface area contributed by atoms with Crippen molar-refractivity contribution in [1.82, 2.24) is 10.6 Å². The minimum atomic E-state index is -0.530. The van der Waals surface area contributed by atoms with Gasteiger partial charge in [0.05, 0.1) is 17.5 Å². The zero-order chi connectivity index (χ0) is 14.3. The summed E-state index contributed by atoms with van der Waals surface area (Å²) in [5.41, 5.74) is 5.51. The number of amides is 2. The van der Waals surface area contributed by atoms with Crippen molar-refractivity contribution in [2.24, 2.45) is 23.5 Å². The van der Waals surface area contributed by atoms with Gasteiger partial charge in [0.25, 0.3) is 0 Å². The molecule has 0 heterocycles. The normalized spacial score (nSPS) is 12.3. The first-order chi connectivity index (χ1) is 8.25. The highest BCUT2D eigenvalue weighted by Gasteiger charge is 2.25. The minimum absolute atomic E-state index is 0.0150. The molecule has 2 amide bonds. The molecule has 4 N–H and O–H groups in total. The Balaban J connectivity index is 4.16. The Morgan fingerprint density at radius 2 is 1.72 bits per heavy atom. The summed E-state index contributed by atoms with van der Waals surface area (Å²) in [5, 5.41) is 5.27. The van der Waals surface area contributed by atoms with Crippen LogP contribution in [0.15, 0.2) is 0 Å². The van der Waals surface area contributed by atoms with E-state index in [0.717, 1.165) is 0 Å². The minimum Gasteiger partial charge on any atom is -0.393 e. The van der Waals surface area contributed by atoms with E-state index in [9.17, 15) is 9.59 Å². The van der Waals surface area contributed by atoms with E-state index in [2.05, 4.69) is 10.6 Å². The molecule has 0 bridgehead atoms. The van der Waals surface area contributed by atoms with Gasteiger partial charge in [-0.2, -0.15) is 0 Å². The fraction of sp³-hybridized carbons (Fsp3) is 0.750. The summed E-state index contributed by atoms with van der Waals surface area (Å²) in [6.07, 6.45) is 0. The summed E-state index contributed by atoms with van der Waals surface area (Å²) in [4.78, 5) is 23.4. The molecule has 18 heavy (non-hydrogen) atoms. The van der Waals surface area contributed by atoms with Crippen molar-refractivity contribution in [2.45, 2.75) is 27.7 Å². The van der Waals surface area contributed by atoms with Crippen LogP contribution >= 0.6 is 12.2 Å². The van der Waals surface area contributed by atoms with E-state index in [-0.39, 0.29) is 29.3 Å². The van der Waals surface area contributed by atoms with Crippen LogP contribution in [0, 0.1) is 17.8 Å². The van der Waals surface area contributed by atoms with E-state index >= 15 is 0 Å². The quantitative estimate of drug-likeness (QED) is 0.587. The van der Waals surface area contributed by atoms with Gasteiger partial charge in [0.2, 0.25) is 11.8 Å². The van der Waals surface area contributed by atoms with Crippen molar-refractivity contribution < 1.29 is 9.59 Å². The van der Waals surface area contributed by atoms with E-state index in [1.54, 1.807) is 0 Å². The third-order valence-electron chi connectivity index (χ3n) is 2.39. The number of rotatable bonds is 7. The number of nitrogens with two attached hydrogens (primary N) is 1. The van der Waals surface area contributed by atoms with E-state index in [0.29, 0.717) is 12.5 Å². The first-order valence-electron chi connectivity index (χ1n) is 6.09. The third kappa shape index (κ3) is 6.54. The fourth-order valence-electron chi connectivity index (χ4n) is 1.42. The van der Waals surface area contributed by atoms with Crippen molar-refractivity contribution in [3.05, 3.63) is 0 Å². The molecule has 0 spiro atoms. The summed E-state index contributed by atoms with van der Waals surface area (Å²) < 4.78 is 0. The van der Waals surface area contributed by atoms with Gasteiger partial charge in [-0.1, -0.05) is 39.9 Å². The van der Waals surface area contributed by atoms with E-state index in [4.69, 9.17) is 18.0 Å². The van der Waals surface area contributed by atoms with Crippen molar-refractivity contribution >= 4 is 29.0 Å². The molecule has 0 aromatic heterocycles. The van der Waals surface area contributed by atoms with Crippen LogP contribution in [-0.2, 0) is 9.59 Å². The third-order valence-corrected chi connectivity index (χ3v) is 2.64. The molecule has 104 valence electrons. The van der Waals surface area contributed by atoms with Crippen LogP contribution in [0.2, 0.25) is 0 Å². The van der Waals surface area contributed by atoms with Crippen LogP contribution in [0.3, 0.4) is 0 Å². The van der Waals surface area contributed by atoms with Gasteiger partial charge in [-0.15, -0.1) is 0 Å². The van der Waals surface area contributed by atoms with Crippen molar-refractivity contribution in [1.29, 1.82) is 0 Å². The summed E-state index contributed by atoms with van der Waals surface area (Å²) in [6, 6.07) is 0. The van der Waals surface area contributed by atoms with Gasteiger partial charge in [0, 0.05) is 6.54 Å². The van der Waals surface area contributed by atoms with Crippen LogP contribution in [0.1, 0.15) is 27.7 Å². The largest absolute Gasteiger partial charge is 0.393 e. The van der Waals surface area contributed by atoms with E-state index in [1.165, 1.54) is 0 Å². The lowest BCUT2D eigenvalue weighted by molar-refractivity contribution is -0.127. The topological polar surface area (TPSA) is 84.2 Å². The second-order valence-electron chi connectivity index (χ2n) is 5.04. The predicted molar refractivity (Wildman–Crippen MR) is 76.0 cm³/mol. The monoisotopic (exact) mass is 273 g/mol. The van der Waals surface area contributed by atoms with E-state index in [1.807, 2.05) is 27.7 Å². The molecule has 0 rings (SSSR count). The molecule has 0 aliphatic rings. The molecule has 6 heteroatoms. The van der Waals surface area contributed by atoms with Gasteiger partial charge < -0.3 is 16.4 Å². The number of hydrogen-bond donors (Lipinski definition) is 3. The molecular formula is C12H23N3O2S. The first kappa shape index (κ1) is 16.8. The van der Waals surface area contributed by atoms with Crippen LogP contribution in [0.25, 0.3) is 0 Å². The maximum atomic E-state index is 11.8. The lowest BCUT2D eigenvalue weighted by Gasteiger charge is -2.18. The Hall–Kier alpha value is -1.17. The molecule has 0 radical (unpaired) electrons. The molecule has 0 aromatic rings. The Kier molecular flexibility index (Phi) is 7.50. The zero-order valence-electron chi connectivity index (χ0n) is 11.4. The maximum absolute atomic E-state index is 11.8. The lowest BCUT2D eigenvalue weighted by Crippen LogP contribution is -2.45. The Bertz CT molecular complexity index is 316. The highest BCUT2D eigenvalue weighted by atomic mass is 32.1. The second kappa shape index (κ2) is 8.02. The van der Waals surface area contributed by atoms with Crippen molar-refractivity contribution in [3.8, 4) is 0 Å². The van der Waals surface area contributed by atoms with Gasteiger partial charge >= 0.3 is 0 Å². The molecule has 0 saturated heterocycles. The number of hydrogen-bond acceptors (Lipinski definition) is 3. The van der Waals surface area contributed by atoms with E-state index < -0.39 is 5.92 Å². The Morgan fingerprint density at radius 1 is 1.17 bits per heavy atom. The highest BCUT2D eigenvalue weighted by molar-refractivity contribution is 7.80. The van der Waals surface area contributed by atoms with Crippen molar-refractivity contribution in [3.63, 3.8) is 0 Å². The number of carbonyl (C=O) groups excluding carboxylic acids is 2. The smallest absolute Gasteiger partial charge is 0.239 e. The average Bonchev–Trinajstić information content (AvgIpc) is 2.22. The van der Waals surface area contributed by atoms with Gasteiger partial charge in [-0.3, -0.25) is 9.59 Å². The molecule has 0 fully saturated rings. The van der Waals surface area contributed by atoms with Crippen LogP contribution in [0.4, 0.5) is 0 Å². The van der Waals surface area contributed by atoms with Gasteiger partial charge in [-0.25, -0.2) is 0 Å². The molecule has 1 atom stereocenters.